The number of carboxylic acids is 4. The number of allylic oxidation sites excluding steroid dienone is 4. The fraction of sp³-hybridized carbons (Fsp3) is 0.214. The minimum Gasteiger partial charge on any atom is -0.481 e. The zero-order valence-electron chi connectivity index (χ0n) is 46.8. The third kappa shape index (κ3) is 12.8. The molecule has 0 radical (unpaired) electrons. The number of carboxylic acid groups (broad SMARTS) is 4. The minimum absolute atomic E-state index is 0.126. The molecular formula is C56H56N12O16S4. The highest BCUT2D eigenvalue weighted by Crippen LogP contribution is 2.41. The molecule has 28 nitrogen and oxygen atoms in total. The van der Waals surface area contributed by atoms with Crippen molar-refractivity contribution in [1.82, 2.24) is 38.8 Å². The summed E-state index contributed by atoms with van der Waals surface area (Å²) in [5.41, 5.74) is -0.758. The SMILES string of the molecule is CC(CC=CNS(=O)(=O)c1c(S(=O)(=O)NC=CCC(C)C(=O)O)c(S(=O)(=O)NC=CCC(C)C(=O)O)c2c3[nH]c(c2c1S(=O)(=O)NC=CCC(C)C(=O)O)=Nc1[nH]c(c2ccccc12)N=c1[nH]c(c2ccccc12)=Nc1[nH]c(c2ccccc12)N=3)C(=O)O. The summed E-state index contributed by atoms with van der Waals surface area (Å²) < 4.78 is 133. The molecule has 4 unspecified atom stereocenters. The van der Waals surface area contributed by atoms with E-state index in [0.29, 0.717) is 55.7 Å². The minimum atomic E-state index is -5.91. The van der Waals surface area contributed by atoms with Crippen LogP contribution in [0.2, 0.25) is 0 Å². The predicted molar refractivity (Wildman–Crippen MR) is 320 cm³/mol. The first-order valence-electron chi connectivity index (χ1n) is 26.7. The van der Waals surface area contributed by atoms with Crippen LogP contribution in [0.1, 0.15) is 53.4 Å². The van der Waals surface area contributed by atoms with Crippen LogP contribution in [0, 0.1) is 23.7 Å². The summed E-state index contributed by atoms with van der Waals surface area (Å²) in [6, 6.07) is 20.4. The van der Waals surface area contributed by atoms with E-state index in [1.165, 1.54) is 27.7 Å². The Morgan fingerprint density at radius 3 is 0.864 bits per heavy atom. The summed E-state index contributed by atoms with van der Waals surface area (Å²) in [5.74, 6) is -9.61. The molecule has 460 valence electrons. The van der Waals surface area contributed by atoms with Gasteiger partial charge in [0.05, 0.1) is 34.4 Å². The van der Waals surface area contributed by atoms with Gasteiger partial charge in [-0.05, 0) is 25.7 Å². The van der Waals surface area contributed by atoms with Crippen LogP contribution in [0.3, 0.4) is 0 Å². The van der Waals surface area contributed by atoms with Crippen molar-refractivity contribution in [3.05, 3.63) is 144 Å². The highest BCUT2D eigenvalue weighted by Gasteiger charge is 2.44. The molecule has 0 fully saturated rings. The molecule has 4 atom stereocenters. The van der Waals surface area contributed by atoms with Crippen LogP contribution in [0.15, 0.2) is 161 Å². The number of aromatic amines is 4. The largest absolute Gasteiger partial charge is 0.481 e. The molecule has 4 aromatic carbocycles. The first-order chi connectivity index (χ1) is 41.6. The van der Waals surface area contributed by atoms with Gasteiger partial charge in [-0.25, -0.2) is 53.6 Å². The third-order valence-corrected chi connectivity index (χ3v) is 20.0. The second-order valence-electron chi connectivity index (χ2n) is 20.4. The van der Waals surface area contributed by atoms with Gasteiger partial charge in [0, 0.05) is 57.1 Å². The van der Waals surface area contributed by atoms with E-state index >= 15 is 33.7 Å². The van der Waals surface area contributed by atoms with Gasteiger partial charge in [0.2, 0.25) is 0 Å². The van der Waals surface area contributed by atoms with Gasteiger partial charge in [-0.2, -0.15) is 0 Å². The average molecular weight is 1280 g/mol. The summed E-state index contributed by atoms with van der Waals surface area (Å²) in [4.78, 5) is 72.9. The predicted octanol–water partition coefficient (Wildman–Crippen LogP) is 5.34. The molecule has 9 rings (SSSR count). The lowest BCUT2D eigenvalue weighted by Gasteiger charge is -2.21. The number of sulfonamides is 4. The van der Waals surface area contributed by atoms with E-state index in [9.17, 15) is 39.6 Å². The van der Waals surface area contributed by atoms with Crippen molar-refractivity contribution in [2.45, 2.75) is 73.0 Å². The molecule has 0 aliphatic carbocycles. The van der Waals surface area contributed by atoms with E-state index in [1.54, 1.807) is 60.7 Å². The maximum atomic E-state index is 15.7. The summed E-state index contributed by atoms with van der Waals surface area (Å²) >= 11 is 0. The van der Waals surface area contributed by atoms with Gasteiger partial charge in [0.25, 0.3) is 40.1 Å². The summed E-state index contributed by atoms with van der Waals surface area (Å²) in [5, 5.41) is 39.3. The highest BCUT2D eigenvalue weighted by molar-refractivity contribution is 7.95. The zero-order chi connectivity index (χ0) is 63.6. The van der Waals surface area contributed by atoms with Gasteiger partial charge < -0.3 is 40.4 Å². The van der Waals surface area contributed by atoms with Gasteiger partial charge in [-0.15, -0.1) is 0 Å². The maximum absolute atomic E-state index is 15.7. The van der Waals surface area contributed by atoms with Crippen LogP contribution < -0.4 is 40.8 Å². The van der Waals surface area contributed by atoms with Crippen molar-refractivity contribution in [1.29, 1.82) is 0 Å². The third-order valence-electron chi connectivity index (χ3n) is 14.0. The van der Waals surface area contributed by atoms with E-state index in [1.807, 2.05) is 21.6 Å². The van der Waals surface area contributed by atoms with Gasteiger partial charge >= 0.3 is 23.9 Å². The molecule has 0 spiro atoms. The number of nitrogens with one attached hydrogen (secondary N) is 8. The summed E-state index contributed by atoms with van der Waals surface area (Å²) in [7, 11) is -23.3. The Bertz CT molecular complexity index is 4750. The van der Waals surface area contributed by atoms with Crippen molar-refractivity contribution in [2.24, 2.45) is 43.6 Å². The Morgan fingerprint density at radius 2 is 0.602 bits per heavy atom. The molecular weight excluding hydrogens is 1220 g/mol. The Balaban J connectivity index is 1.55. The lowest BCUT2D eigenvalue weighted by Crippen LogP contribution is -2.33. The van der Waals surface area contributed by atoms with E-state index in [2.05, 4.69) is 29.4 Å². The molecule has 0 saturated carbocycles. The lowest BCUT2D eigenvalue weighted by molar-refractivity contribution is -0.141. The lowest BCUT2D eigenvalue weighted by atomic mass is 10.1. The molecule has 0 saturated heterocycles. The van der Waals surface area contributed by atoms with Crippen molar-refractivity contribution >= 4 is 130 Å². The smallest absolute Gasteiger partial charge is 0.306 e. The van der Waals surface area contributed by atoms with Gasteiger partial charge in [-0.1, -0.05) is 125 Å². The molecule has 32 heteroatoms. The number of benzene rings is 4. The molecule has 1 aliphatic rings. The van der Waals surface area contributed by atoms with Gasteiger partial charge in [-0.3, -0.25) is 38.1 Å². The zero-order valence-corrected chi connectivity index (χ0v) is 50.1. The molecule has 1 aliphatic heterocycles. The molecule has 0 amide bonds. The van der Waals surface area contributed by atoms with Crippen molar-refractivity contribution < 1.29 is 73.3 Å². The summed E-state index contributed by atoms with van der Waals surface area (Å²) in [6.07, 6.45) is 5.57. The molecule has 12 N–H and O–H groups in total. The van der Waals surface area contributed by atoms with Crippen LogP contribution >= 0.6 is 0 Å². The normalized spacial score (nSPS) is 14.6. The van der Waals surface area contributed by atoms with Crippen LogP contribution in [-0.4, -0.2) is 97.9 Å². The molecule has 4 aromatic heterocycles. The van der Waals surface area contributed by atoms with Crippen LogP contribution in [0.25, 0.3) is 43.1 Å². The topological polar surface area (TPSA) is 446 Å². The number of fused-ring (bicyclic) bond motifs is 20. The second kappa shape index (κ2) is 24.8. The first kappa shape index (κ1) is 62.6. The maximum Gasteiger partial charge on any atom is 0.306 e. The number of hydrogen-bond donors (Lipinski definition) is 12. The second-order valence-corrected chi connectivity index (χ2v) is 27.0. The number of rotatable bonds is 24. The Kier molecular flexibility index (Phi) is 17.7. The standard InChI is InChI=1S/C56H56N12O16S4/c1-29(53(69)70)15-11-25-57-85(77,78)41-39-40(42(86(79,80)58-26-12-16-30(2)54(71)72)44(88(83,84)60-28-14-18-32(4)56(75)76)43(41)87(81,82)59-27-13-17-31(3)55(73)74)52-67-50-38-24-10-8-22-36(38)48(65-50)63-46-34-20-6-5-19-33(34)45(61-46)62-47-35-21-7-9-23-37(35)49(64-47)66-51(39)68-52/h5-14,19-32,57-60H,15-18H2,1-4H3,(H,69,70)(H,71,72)(H,73,74)(H,75,76)(H4,61,62,63,64,65,66,67,68). The number of aromatic nitrogens is 4. The van der Waals surface area contributed by atoms with E-state index < -0.39 is 129 Å². The molecule has 88 heavy (non-hydrogen) atoms. The van der Waals surface area contributed by atoms with Crippen LogP contribution in [0.5, 0.6) is 0 Å². The highest BCUT2D eigenvalue weighted by atomic mass is 32.2. The first-order valence-corrected chi connectivity index (χ1v) is 32.6. The molecule has 5 heterocycles. The van der Waals surface area contributed by atoms with Crippen molar-refractivity contribution in [2.75, 3.05) is 0 Å². The number of carbonyl (C=O) groups is 4. The number of nitrogens with zero attached hydrogens (tertiary/aromatic N) is 4. The average Bonchev–Trinajstić information content (AvgIpc) is 1.27. The fourth-order valence-corrected chi connectivity index (χ4v) is 15.9. The van der Waals surface area contributed by atoms with Crippen LogP contribution in [-0.2, 0) is 59.3 Å². The Labute approximate surface area is 500 Å². The Morgan fingerprint density at radius 1 is 0.375 bits per heavy atom. The number of aliphatic carboxylic acids is 4. The van der Waals surface area contributed by atoms with Crippen molar-refractivity contribution in [3.63, 3.8) is 0 Å². The van der Waals surface area contributed by atoms with E-state index in [0.717, 1.165) is 36.7 Å². The molecule has 8 bridgehead atoms. The number of H-pyrrole nitrogens is 4. The van der Waals surface area contributed by atoms with Gasteiger partial charge in [0.1, 0.15) is 64.8 Å². The van der Waals surface area contributed by atoms with Gasteiger partial charge in [0.15, 0.2) is 0 Å². The fourth-order valence-electron chi connectivity index (χ4n) is 9.20. The van der Waals surface area contributed by atoms with Crippen molar-refractivity contribution in [3.8, 4) is 0 Å². The van der Waals surface area contributed by atoms with E-state index in [4.69, 9.17) is 20.0 Å². The Hall–Kier alpha value is -9.92. The quantitative estimate of drug-likeness (QED) is 0.0363. The monoisotopic (exact) mass is 1280 g/mol. The molecule has 8 aromatic rings. The van der Waals surface area contributed by atoms with E-state index in [-0.39, 0.29) is 49.0 Å². The van der Waals surface area contributed by atoms with Crippen LogP contribution in [0.4, 0.5) is 23.3 Å². The number of hydrogen-bond acceptors (Lipinski definition) is 16. The summed E-state index contributed by atoms with van der Waals surface area (Å²) in [6.45, 7) is 5.16.